The zero-order chi connectivity index (χ0) is 18.5. The first-order valence-corrected chi connectivity index (χ1v) is 9.50. The van der Waals surface area contributed by atoms with Crippen LogP contribution in [0.3, 0.4) is 0 Å². The Morgan fingerprint density at radius 3 is 2.42 bits per heavy atom. The smallest absolute Gasteiger partial charge is 0.251 e. The van der Waals surface area contributed by atoms with Gasteiger partial charge in [-0.2, -0.15) is 0 Å². The molecule has 0 spiro atoms. The Morgan fingerprint density at radius 2 is 1.85 bits per heavy atom. The summed E-state index contributed by atoms with van der Waals surface area (Å²) in [7, 11) is 0. The second kappa shape index (κ2) is 8.45. The third-order valence-corrected chi connectivity index (χ3v) is 5.55. The van der Waals surface area contributed by atoms with Gasteiger partial charge in [0.05, 0.1) is 5.92 Å². The Bertz CT molecular complexity index is 665. The third-order valence-electron chi connectivity index (χ3n) is 5.55. The first-order chi connectivity index (χ1) is 12.6. The zero-order valence-corrected chi connectivity index (χ0v) is 15.0. The van der Waals surface area contributed by atoms with Crippen molar-refractivity contribution in [3.63, 3.8) is 0 Å². The minimum Gasteiger partial charge on any atom is -0.348 e. The molecule has 6 heteroatoms. The van der Waals surface area contributed by atoms with Crippen LogP contribution in [0, 0.1) is 11.8 Å². The summed E-state index contributed by atoms with van der Waals surface area (Å²) in [5.41, 5.74) is 7.43. The van der Waals surface area contributed by atoms with E-state index in [1.165, 1.54) is 19.3 Å². The molecule has 4 N–H and O–H groups in total. The van der Waals surface area contributed by atoms with Crippen molar-refractivity contribution in [3.05, 3.63) is 35.4 Å². The van der Waals surface area contributed by atoms with E-state index in [9.17, 15) is 14.4 Å². The Morgan fingerprint density at radius 1 is 1.15 bits per heavy atom. The van der Waals surface area contributed by atoms with E-state index < -0.39 is 0 Å². The van der Waals surface area contributed by atoms with Crippen LogP contribution in [0.15, 0.2) is 24.3 Å². The zero-order valence-electron chi connectivity index (χ0n) is 15.0. The van der Waals surface area contributed by atoms with Crippen molar-refractivity contribution in [2.24, 2.45) is 17.6 Å². The lowest BCUT2D eigenvalue weighted by atomic mass is 9.84. The molecule has 140 valence electrons. The highest BCUT2D eigenvalue weighted by molar-refractivity contribution is 6.03. The van der Waals surface area contributed by atoms with Crippen molar-refractivity contribution in [2.75, 3.05) is 6.54 Å². The molecular formula is C20H27N3O3. The standard InChI is InChI=1S/C20H27N3O3/c21-12-17(14-4-2-1-3-5-14)22-19(25)15-8-6-13(7-9-15)10-16-11-18(24)23-20(16)26/h6-9,14,16-17H,1-5,10-12,21H2,(H,22,25)(H,23,24,26). The fraction of sp³-hybridized carbons (Fsp3) is 0.550. The van der Waals surface area contributed by atoms with Crippen molar-refractivity contribution in [2.45, 2.75) is 51.0 Å². The van der Waals surface area contributed by atoms with Gasteiger partial charge in [0, 0.05) is 24.6 Å². The molecule has 3 rings (SSSR count). The molecule has 26 heavy (non-hydrogen) atoms. The van der Waals surface area contributed by atoms with Gasteiger partial charge < -0.3 is 11.1 Å². The van der Waals surface area contributed by atoms with Gasteiger partial charge in [0.1, 0.15) is 0 Å². The van der Waals surface area contributed by atoms with Crippen molar-refractivity contribution in [3.8, 4) is 0 Å². The first kappa shape index (κ1) is 18.6. The van der Waals surface area contributed by atoms with Gasteiger partial charge in [-0.15, -0.1) is 0 Å². The maximum Gasteiger partial charge on any atom is 0.251 e. The molecular weight excluding hydrogens is 330 g/mol. The van der Waals surface area contributed by atoms with Gasteiger partial charge in [-0.05, 0) is 42.9 Å². The summed E-state index contributed by atoms with van der Waals surface area (Å²) in [6, 6.07) is 7.27. The molecule has 1 saturated carbocycles. The average Bonchev–Trinajstić information content (AvgIpc) is 2.97. The highest BCUT2D eigenvalue weighted by Gasteiger charge is 2.30. The SMILES string of the molecule is NCC(NC(=O)c1ccc(CC2CC(=O)NC2=O)cc1)C1CCCCC1. The molecule has 0 bridgehead atoms. The van der Waals surface area contributed by atoms with Crippen LogP contribution in [0.5, 0.6) is 0 Å². The molecule has 6 nitrogen and oxygen atoms in total. The lowest BCUT2D eigenvalue weighted by Gasteiger charge is -2.30. The quantitative estimate of drug-likeness (QED) is 0.672. The number of nitrogens with two attached hydrogens (primary N) is 1. The van der Waals surface area contributed by atoms with Crippen molar-refractivity contribution in [1.82, 2.24) is 10.6 Å². The lowest BCUT2D eigenvalue weighted by molar-refractivity contribution is -0.125. The minimum atomic E-state index is -0.310. The van der Waals surface area contributed by atoms with Crippen LogP contribution in [0.4, 0.5) is 0 Å². The number of hydrogen-bond donors (Lipinski definition) is 3. The normalized spacial score (nSPS) is 22.1. The average molecular weight is 357 g/mol. The fourth-order valence-electron chi connectivity index (χ4n) is 4.01. The van der Waals surface area contributed by atoms with E-state index in [-0.39, 0.29) is 36.1 Å². The molecule has 2 aliphatic rings. The molecule has 0 aromatic heterocycles. The number of benzene rings is 1. The molecule has 1 aliphatic carbocycles. The highest BCUT2D eigenvalue weighted by atomic mass is 16.2. The minimum absolute atomic E-state index is 0.0238. The predicted molar refractivity (Wildman–Crippen MR) is 98.3 cm³/mol. The lowest BCUT2D eigenvalue weighted by Crippen LogP contribution is -2.45. The summed E-state index contributed by atoms with van der Waals surface area (Å²) < 4.78 is 0. The predicted octanol–water partition coefficient (Wildman–Crippen LogP) is 1.53. The van der Waals surface area contributed by atoms with E-state index >= 15 is 0 Å². The summed E-state index contributed by atoms with van der Waals surface area (Å²) in [4.78, 5) is 35.5. The maximum absolute atomic E-state index is 12.5. The van der Waals surface area contributed by atoms with Crippen molar-refractivity contribution in [1.29, 1.82) is 0 Å². The topological polar surface area (TPSA) is 101 Å². The summed E-state index contributed by atoms with van der Waals surface area (Å²) in [6.07, 6.45) is 6.69. The van der Waals surface area contributed by atoms with Gasteiger partial charge in [0.25, 0.3) is 5.91 Å². The number of rotatable bonds is 6. The number of hydrogen-bond acceptors (Lipinski definition) is 4. The molecule has 1 saturated heterocycles. The van der Waals surface area contributed by atoms with Gasteiger partial charge in [-0.25, -0.2) is 0 Å². The number of carbonyl (C=O) groups is 3. The number of nitrogens with one attached hydrogen (secondary N) is 2. The second-order valence-corrected chi connectivity index (χ2v) is 7.43. The molecule has 1 aromatic rings. The van der Waals surface area contributed by atoms with Crippen LogP contribution in [0.1, 0.15) is 54.4 Å². The van der Waals surface area contributed by atoms with E-state index in [1.54, 1.807) is 12.1 Å². The maximum atomic E-state index is 12.5. The van der Waals surface area contributed by atoms with Gasteiger partial charge in [-0.1, -0.05) is 31.4 Å². The summed E-state index contributed by atoms with van der Waals surface area (Å²) in [6.45, 7) is 0.458. The van der Waals surface area contributed by atoms with Crippen LogP contribution in [0.2, 0.25) is 0 Å². The van der Waals surface area contributed by atoms with E-state index in [0.29, 0.717) is 24.4 Å². The largest absolute Gasteiger partial charge is 0.348 e. The van der Waals surface area contributed by atoms with Gasteiger partial charge in [-0.3, -0.25) is 19.7 Å². The van der Waals surface area contributed by atoms with Gasteiger partial charge in [0.2, 0.25) is 11.8 Å². The van der Waals surface area contributed by atoms with E-state index in [0.717, 1.165) is 18.4 Å². The molecule has 2 unspecified atom stereocenters. The first-order valence-electron chi connectivity index (χ1n) is 9.50. The van der Waals surface area contributed by atoms with E-state index in [1.807, 2.05) is 12.1 Å². The number of imide groups is 1. The third kappa shape index (κ3) is 4.49. The number of amides is 3. The van der Waals surface area contributed by atoms with Crippen LogP contribution in [-0.2, 0) is 16.0 Å². The van der Waals surface area contributed by atoms with Crippen LogP contribution >= 0.6 is 0 Å². The second-order valence-electron chi connectivity index (χ2n) is 7.43. The number of carbonyl (C=O) groups excluding carboxylic acids is 3. The van der Waals surface area contributed by atoms with Gasteiger partial charge in [0.15, 0.2) is 0 Å². The Balaban J connectivity index is 1.57. The fourth-order valence-corrected chi connectivity index (χ4v) is 4.01. The molecule has 3 amide bonds. The van der Waals surface area contributed by atoms with Crippen LogP contribution in [0.25, 0.3) is 0 Å². The molecule has 2 fully saturated rings. The molecule has 1 aromatic carbocycles. The molecule has 1 aliphatic heterocycles. The van der Waals surface area contributed by atoms with Crippen molar-refractivity contribution >= 4 is 17.7 Å². The summed E-state index contributed by atoms with van der Waals surface area (Å²) in [5, 5.41) is 5.41. The monoisotopic (exact) mass is 357 g/mol. The Kier molecular flexibility index (Phi) is 6.04. The molecule has 2 atom stereocenters. The van der Waals surface area contributed by atoms with Gasteiger partial charge >= 0.3 is 0 Å². The van der Waals surface area contributed by atoms with E-state index in [2.05, 4.69) is 10.6 Å². The molecule has 1 heterocycles. The van der Waals surface area contributed by atoms with Crippen molar-refractivity contribution < 1.29 is 14.4 Å². The van der Waals surface area contributed by atoms with E-state index in [4.69, 9.17) is 5.73 Å². The van der Waals surface area contributed by atoms with Crippen LogP contribution < -0.4 is 16.4 Å². The molecule has 0 radical (unpaired) electrons. The Hall–Kier alpha value is -2.21. The highest BCUT2D eigenvalue weighted by Crippen LogP contribution is 2.26. The Labute approximate surface area is 153 Å². The summed E-state index contributed by atoms with van der Waals surface area (Å²) >= 11 is 0. The summed E-state index contributed by atoms with van der Waals surface area (Å²) in [5.74, 6) is -0.376. The van der Waals surface area contributed by atoms with Crippen LogP contribution in [-0.4, -0.2) is 30.3 Å².